The summed E-state index contributed by atoms with van der Waals surface area (Å²) in [4.78, 5) is 13.7. The second kappa shape index (κ2) is 9.62. The molecule has 4 rings (SSSR count). The SMILES string of the molecule is CCC1(CC)C[C@@H](NC(=O)/C(=C/c2ccccc2Cl)c2ccccc2)c2ccccc2O1. The molecule has 1 aliphatic heterocycles. The quantitative estimate of drug-likeness (QED) is 0.325. The molecule has 1 N–H and O–H groups in total. The van der Waals surface area contributed by atoms with Crippen molar-refractivity contribution in [1.29, 1.82) is 0 Å². The Labute approximate surface area is 195 Å². The Morgan fingerprint density at radius 1 is 1.00 bits per heavy atom. The number of halogens is 1. The number of para-hydroxylation sites is 1. The molecule has 1 heterocycles. The van der Waals surface area contributed by atoms with Crippen LogP contribution in [0.3, 0.4) is 0 Å². The van der Waals surface area contributed by atoms with Crippen LogP contribution in [0.4, 0.5) is 0 Å². The maximum Gasteiger partial charge on any atom is 0.252 e. The fourth-order valence-electron chi connectivity index (χ4n) is 4.31. The Morgan fingerprint density at radius 3 is 2.38 bits per heavy atom. The van der Waals surface area contributed by atoms with Crippen LogP contribution in [-0.2, 0) is 4.79 Å². The monoisotopic (exact) mass is 445 g/mol. The first kappa shape index (κ1) is 22.2. The number of nitrogens with one attached hydrogen (secondary N) is 1. The lowest BCUT2D eigenvalue weighted by Crippen LogP contribution is -2.44. The van der Waals surface area contributed by atoms with E-state index in [1.807, 2.05) is 84.9 Å². The maximum atomic E-state index is 13.7. The number of ether oxygens (including phenoxy) is 1. The highest BCUT2D eigenvalue weighted by atomic mass is 35.5. The normalized spacial score (nSPS) is 17.2. The van der Waals surface area contributed by atoms with Gasteiger partial charge in [-0.3, -0.25) is 4.79 Å². The van der Waals surface area contributed by atoms with E-state index < -0.39 is 0 Å². The van der Waals surface area contributed by atoms with E-state index in [1.54, 1.807) is 0 Å². The van der Waals surface area contributed by atoms with E-state index in [2.05, 4.69) is 19.2 Å². The van der Waals surface area contributed by atoms with Gasteiger partial charge in [0.25, 0.3) is 5.91 Å². The average molecular weight is 446 g/mol. The van der Waals surface area contributed by atoms with Gasteiger partial charge in [-0.05, 0) is 42.2 Å². The number of fused-ring (bicyclic) bond motifs is 1. The number of carbonyl (C=O) groups is 1. The molecule has 1 amide bonds. The molecule has 3 aromatic rings. The van der Waals surface area contributed by atoms with E-state index in [0.29, 0.717) is 10.6 Å². The first-order valence-corrected chi connectivity index (χ1v) is 11.5. The molecule has 0 saturated carbocycles. The van der Waals surface area contributed by atoms with Crippen LogP contribution in [0, 0.1) is 0 Å². The Morgan fingerprint density at radius 2 is 1.66 bits per heavy atom. The Hall–Kier alpha value is -3.04. The van der Waals surface area contributed by atoms with Crippen molar-refractivity contribution in [2.45, 2.75) is 44.8 Å². The van der Waals surface area contributed by atoms with E-state index in [0.717, 1.165) is 41.7 Å². The van der Waals surface area contributed by atoms with E-state index in [4.69, 9.17) is 16.3 Å². The standard InChI is InChI=1S/C28H28ClNO2/c1-3-28(4-2)19-25(22-15-9-11-17-26(22)32-28)30-27(31)23(20-12-6-5-7-13-20)18-21-14-8-10-16-24(21)29/h5-18,25H,3-4,19H2,1-2H3,(H,30,31)/b23-18+/t25-/m1/s1. The van der Waals surface area contributed by atoms with E-state index in [-0.39, 0.29) is 17.6 Å². The molecule has 0 aliphatic carbocycles. The number of hydrogen-bond acceptors (Lipinski definition) is 2. The van der Waals surface area contributed by atoms with Gasteiger partial charge in [-0.15, -0.1) is 0 Å². The second-order valence-electron chi connectivity index (χ2n) is 8.21. The lowest BCUT2D eigenvalue weighted by molar-refractivity contribution is -0.117. The van der Waals surface area contributed by atoms with Crippen LogP contribution in [-0.4, -0.2) is 11.5 Å². The molecule has 0 unspecified atom stereocenters. The summed E-state index contributed by atoms with van der Waals surface area (Å²) in [5.41, 5.74) is 2.98. The molecule has 164 valence electrons. The minimum atomic E-state index is -0.286. The zero-order valence-electron chi connectivity index (χ0n) is 18.5. The molecule has 32 heavy (non-hydrogen) atoms. The Kier molecular flexibility index (Phi) is 6.66. The summed E-state index contributed by atoms with van der Waals surface area (Å²) in [6.45, 7) is 4.28. The van der Waals surface area contributed by atoms with Crippen LogP contribution in [0.5, 0.6) is 5.75 Å². The maximum absolute atomic E-state index is 13.7. The van der Waals surface area contributed by atoms with Gasteiger partial charge in [-0.25, -0.2) is 0 Å². The highest BCUT2D eigenvalue weighted by molar-refractivity contribution is 6.33. The molecule has 3 nitrogen and oxygen atoms in total. The van der Waals surface area contributed by atoms with Crippen LogP contribution in [0.15, 0.2) is 78.9 Å². The fourth-order valence-corrected chi connectivity index (χ4v) is 4.50. The van der Waals surface area contributed by atoms with Gasteiger partial charge in [0.15, 0.2) is 0 Å². The fraction of sp³-hybridized carbons (Fsp3) is 0.250. The average Bonchev–Trinajstić information content (AvgIpc) is 2.83. The second-order valence-corrected chi connectivity index (χ2v) is 8.61. The van der Waals surface area contributed by atoms with Gasteiger partial charge in [-0.2, -0.15) is 0 Å². The molecule has 0 fully saturated rings. The van der Waals surface area contributed by atoms with Crippen molar-refractivity contribution in [2.75, 3.05) is 0 Å². The van der Waals surface area contributed by atoms with Crippen LogP contribution in [0.1, 0.15) is 55.8 Å². The minimum absolute atomic E-state index is 0.126. The third-order valence-corrected chi connectivity index (χ3v) is 6.67. The molecule has 1 aliphatic rings. The first-order chi connectivity index (χ1) is 15.5. The van der Waals surface area contributed by atoms with Gasteiger partial charge in [0.05, 0.1) is 6.04 Å². The van der Waals surface area contributed by atoms with Crippen molar-refractivity contribution < 1.29 is 9.53 Å². The largest absolute Gasteiger partial charge is 0.487 e. The minimum Gasteiger partial charge on any atom is -0.487 e. The summed E-state index contributed by atoms with van der Waals surface area (Å²) in [5, 5.41) is 3.92. The molecule has 4 heteroatoms. The van der Waals surface area contributed by atoms with Crippen molar-refractivity contribution in [3.05, 3.63) is 101 Å². The van der Waals surface area contributed by atoms with Crippen molar-refractivity contribution in [1.82, 2.24) is 5.32 Å². The topological polar surface area (TPSA) is 38.3 Å². The predicted octanol–water partition coefficient (Wildman–Crippen LogP) is 7.08. The van der Waals surface area contributed by atoms with Gasteiger partial charge in [0.1, 0.15) is 11.4 Å². The number of carbonyl (C=O) groups excluding carboxylic acids is 1. The third kappa shape index (κ3) is 4.58. The summed E-state index contributed by atoms with van der Waals surface area (Å²) in [6, 6.07) is 25.1. The summed E-state index contributed by atoms with van der Waals surface area (Å²) in [5.74, 6) is 0.725. The number of rotatable bonds is 6. The van der Waals surface area contributed by atoms with Gasteiger partial charge >= 0.3 is 0 Å². The van der Waals surface area contributed by atoms with Gasteiger partial charge in [0.2, 0.25) is 0 Å². The van der Waals surface area contributed by atoms with Gasteiger partial charge in [-0.1, -0.05) is 92.2 Å². The van der Waals surface area contributed by atoms with Crippen LogP contribution in [0.2, 0.25) is 5.02 Å². The lowest BCUT2D eigenvalue weighted by atomic mass is 9.83. The molecular weight excluding hydrogens is 418 g/mol. The molecule has 0 bridgehead atoms. The highest BCUT2D eigenvalue weighted by Crippen LogP contribution is 2.43. The lowest BCUT2D eigenvalue weighted by Gasteiger charge is -2.41. The summed E-state index contributed by atoms with van der Waals surface area (Å²) in [6.07, 6.45) is 4.36. The molecule has 1 atom stereocenters. The zero-order valence-corrected chi connectivity index (χ0v) is 19.2. The third-order valence-electron chi connectivity index (χ3n) is 6.33. The van der Waals surface area contributed by atoms with Crippen LogP contribution in [0.25, 0.3) is 11.6 Å². The Bertz CT molecular complexity index is 1120. The predicted molar refractivity (Wildman–Crippen MR) is 132 cm³/mol. The number of hydrogen-bond donors (Lipinski definition) is 1. The van der Waals surface area contributed by atoms with E-state index in [1.165, 1.54) is 0 Å². The molecule has 0 radical (unpaired) electrons. The van der Waals surface area contributed by atoms with Crippen molar-refractivity contribution in [3.8, 4) is 5.75 Å². The summed E-state index contributed by atoms with van der Waals surface area (Å²) >= 11 is 6.40. The molecule has 0 saturated heterocycles. The summed E-state index contributed by atoms with van der Waals surface area (Å²) in [7, 11) is 0. The molecular formula is C28H28ClNO2. The molecule has 0 spiro atoms. The van der Waals surface area contributed by atoms with Crippen LogP contribution >= 0.6 is 11.6 Å². The number of benzene rings is 3. The van der Waals surface area contributed by atoms with Crippen molar-refractivity contribution in [3.63, 3.8) is 0 Å². The first-order valence-electron chi connectivity index (χ1n) is 11.2. The molecule has 0 aromatic heterocycles. The summed E-state index contributed by atoms with van der Waals surface area (Å²) < 4.78 is 6.40. The highest BCUT2D eigenvalue weighted by Gasteiger charge is 2.39. The van der Waals surface area contributed by atoms with E-state index >= 15 is 0 Å². The van der Waals surface area contributed by atoms with Crippen molar-refractivity contribution in [2.24, 2.45) is 0 Å². The van der Waals surface area contributed by atoms with Gasteiger partial charge < -0.3 is 10.1 Å². The zero-order chi connectivity index (χ0) is 22.6. The smallest absolute Gasteiger partial charge is 0.252 e. The molecule has 3 aromatic carbocycles. The van der Waals surface area contributed by atoms with Crippen molar-refractivity contribution >= 4 is 29.2 Å². The van der Waals surface area contributed by atoms with Gasteiger partial charge in [0, 0.05) is 22.6 Å². The Balaban J connectivity index is 1.72. The van der Waals surface area contributed by atoms with E-state index in [9.17, 15) is 4.79 Å². The van der Waals surface area contributed by atoms with Crippen LogP contribution < -0.4 is 10.1 Å². The number of amides is 1.